The molecule has 0 unspecified atom stereocenters. The number of aliphatic hydroxyl groups excluding tert-OH is 3. The lowest BCUT2D eigenvalue weighted by molar-refractivity contribution is -0.0245. The number of aromatic amines is 1. The van der Waals surface area contributed by atoms with Crippen molar-refractivity contribution in [2.45, 2.75) is 24.4 Å². The number of rotatable bonds is 2. The Balaban J connectivity index is 2.22. The van der Waals surface area contributed by atoms with Crippen LogP contribution in [0.5, 0.6) is 5.75 Å². The molecule has 7 heteroatoms. The van der Waals surface area contributed by atoms with Gasteiger partial charge >= 0.3 is 0 Å². The summed E-state index contributed by atoms with van der Waals surface area (Å²) in [6, 6.07) is 0. The first-order chi connectivity index (χ1) is 7.15. The molecular formula is C8H12N2O5. The maximum Gasteiger partial charge on any atom is 0.159 e. The van der Waals surface area contributed by atoms with Crippen LogP contribution in [-0.4, -0.2) is 55.5 Å². The summed E-state index contributed by atoms with van der Waals surface area (Å²) in [7, 11) is 0. The second-order valence-electron chi connectivity index (χ2n) is 3.43. The molecule has 15 heavy (non-hydrogen) atoms. The molecule has 4 atom stereocenters. The summed E-state index contributed by atoms with van der Waals surface area (Å²) in [6.45, 7) is -0.399. The average molecular weight is 216 g/mol. The maximum absolute atomic E-state index is 9.61. The highest BCUT2D eigenvalue weighted by Gasteiger charge is 2.44. The van der Waals surface area contributed by atoms with Crippen molar-refractivity contribution in [2.75, 3.05) is 6.61 Å². The molecule has 7 nitrogen and oxygen atoms in total. The molecule has 1 aromatic rings. The number of hydrogen-bond acceptors (Lipinski definition) is 6. The Labute approximate surface area is 84.9 Å². The number of ether oxygens (including phenoxy) is 1. The van der Waals surface area contributed by atoms with Gasteiger partial charge in [-0.05, 0) is 0 Å². The van der Waals surface area contributed by atoms with Gasteiger partial charge in [0, 0.05) is 0 Å². The summed E-state index contributed by atoms with van der Waals surface area (Å²) >= 11 is 0. The third kappa shape index (κ3) is 1.59. The molecule has 0 aromatic carbocycles. The Morgan fingerprint density at radius 2 is 2.13 bits per heavy atom. The van der Waals surface area contributed by atoms with Gasteiger partial charge in [-0.2, -0.15) is 5.10 Å². The van der Waals surface area contributed by atoms with E-state index in [-0.39, 0.29) is 11.4 Å². The van der Waals surface area contributed by atoms with E-state index in [1.54, 1.807) is 0 Å². The van der Waals surface area contributed by atoms with Gasteiger partial charge in [0.2, 0.25) is 0 Å². The number of nitrogens with one attached hydrogen (secondary N) is 1. The highest BCUT2D eigenvalue weighted by molar-refractivity contribution is 5.26. The fourth-order valence-corrected chi connectivity index (χ4v) is 1.64. The summed E-state index contributed by atoms with van der Waals surface area (Å²) in [5.74, 6) is -0.148. The lowest BCUT2D eigenvalue weighted by Gasteiger charge is -2.12. The van der Waals surface area contributed by atoms with E-state index in [9.17, 15) is 15.3 Å². The van der Waals surface area contributed by atoms with Crippen LogP contribution in [0, 0.1) is 0 Å². The van der Waals surface area contributed by atoms with Gasteiger partial charge in [-0.3, -0.25) is 5.10 Å². The Morgan fingerprint density at radius 1 is 1.40 bits per heavy atom. The Bertz CT molecular complexity index is 342. The molecular weight excluding hydrogens is 204 g/mol. The van der Waals surface area contributed by atoms with Crippen molar-refractivity contribution < 1.29 is 25.2 Å². The van der Waals surface area contributed by atoms with Gasteiger partial charge in [-0.15, -0.1) is 0 Å². The lowest BCUT2D eigenvalue weighted by atomic mass is 10.1. The van der Waals surface area contributed by atoms with Gasteiger partial charge < -0.3 is 25.2 Å². The minimum atomic E-state index is -1.20. The van der Waals surface area contributed by atoms with E-state index in [2.05, 4.69) is 10.2 Å². The zero-order valence-electron chi connectivity index (χ0n) is 7.74. The number of H-pyrrole nitrogens is 1. The van der Waals surface area contributed by atoms with E-state index >= 15 is 0 Å². The first-order valence-corrected chi connectivity index (χ1v) is 4.50. The minimum Gasteiger partial charge on any atom is -0.504 e. The average Bonchev–Trinajstić information content (AvgIpc) is 2.74. The third-order valence-corrected chi connectivity index (χ3v) is 2.47. The Kier molecular flexibility index (Phi) is 2.61. The van der Waals surface area contributed by atoms with Gasteiger partial charge in [-0.1, -0.05) is 0 Å². The lowest BCUT2D eigenvalue weighted by Crippen LogP contribution is -2.32. The molecule has 0 bridgehead atoms. The fraction of sp³-hybridized carbons (Fsp3) is 0.625. The molecule has 84 valence electrons. The molecule has 5 N–H and O–H groups in total. The molecule has 0 aliphatic carbocycles. The van der Waals surface area contributed by atoms with Crippen molar-refractivity contribution >= 4 is 0 Å². The van der Waals surface area contributed by atoms with Crippen molar-refractivity contribution in [1.82, 2.24) is 10.2 Å². The van der Waals surface area contributed by atoms with Crippen LogP contribution in [0.1, 0.15) is 11.8 Å². The van der Waals surface area contributed by atoms with Crippen LogP contribution in [0.15, 0.2) is 6.20 Å². The zero-order chi connectivity index (χ0) is 11.0. The highest BCUT2D eigenvalue weighted by Crippen LogP contribution is 2.35. The molecule has 1 aliphatic rings. The smallest absolute Gasteiger partial charge is 0.159 e. The van der Waals surface area contributed by atoms with Crippen LogP contribution >= 0.6 is 0 Å². The summed E-state index contributed by atoms with van der Waals surface area (Å²) < 4.78 is 5.18. The van der Waals surface area contributed by atoms with Crippen LogP contribution in [-0.2, 0) is 4.74 Å². The van der Waals surface area contributed by atoms with Crippen molar-refractivity contribution in [3.05, 3.63) is 11.9 Å². The van der Waals surface area contributed by atoms with E-state index in [0.29, 0.717) is 0 Å². The molecule has 1 aliphatic heterocycles. The summed E-state index contributed by atoms with van der Waals surface area (Å²) in [5.41, 5.74) is 0.192. The number of hydrogen-bond donors (Lipinski definition) is 5. The second kappa shape index (κ2) is 3.78. The van der Waals surface area contributed by atoms with E-state index in [0.717, 1.165) is 0 Å². The maximum atomic E-state index is 9.61. The van der Waals surface area contributed by atoms with Crippen molar-refractivity contribution in [1.29, 1.82) is 0 Å². The largest absolute Gasteiger partial charge is 0.504 e. The minimum absolute atomic E-state index is 0.148. The Hall–Kier alpha value is -1.15. The predicted octanol–water partition coefficient (Wildman–Crippen LogP) is -1.73. The summed E-state index contributed by atoms with van der Waals surface area (Å²) in [4.78, 5) is 0. The van der Waals surface area contributed by atoms with Gasteiger partial charge in [0.05, 0.1) is 12.8 Å². The molecule has 1 saturated heterocycles. The molecule has 0 radical (unpaired) electrons. The number of nitrogens with zero attached hydrogens (tertiary/aromatic N) is 1. The number of aromatic nitrogens is 2. The zero-order valence-corrected chi connectivity index (χ0v) is 7.74. The second-order valence-corrected chi connectivity index (χ2v) is 3.43. The van der Waals surface area contributed by atoms with Crippen LogP contribution in [0.3, 0.4) is 0 Å². The first kappa shape index (κ1) is 10.4. The molecule has 0 amide bonds. The quantitative estimate of drug-likeness (QED) is 0.401. The fourth-order valence-electron chi connectivity index (χ4n) is 1.64. The summed E-state index contributed by atoms with van der Waals surface area (Å²) in [6.07, 6.45) is -2.96. The van der Waals surface area contributed by atoms with E-state index in [1.807, 2.05) is 0 Å². The highest BCUT2D eigenvalue weighted by atomic mass is 16.6. The topological polar surface area (TPSA) is 119 Å². The molecule has 0 spiro atoms. The van der Waals surface area contributed by atoms with Gasteiger partial charge in [0.1, 0.15) is 30.1 Å². The van der Waals surface area contributed by atoms with Crippen LogP contribution in [0.2, 0.25) is 0 Å². The number of aliphatic hydroxyl groups is 3. The van der Waals surface area contributed by atoms with Gasteiger partial charge in [0.15, 0.2) is 5.75 Å². The number of aromatic hydroxyl groups is 1. The molecule has 2 rings (SSSR count). The van der Waals surface area contributed by atoms with E-state index < -0.39 is 31.0 Å². The molecule has 1 fully saturated rings. The third-order valence-electron chi connectivity index (χ3n) is 2.47. The molecule has 0 saturated carbocycles. The monoisotopic (exact) mass is 216 g/mol. The van der Waals surface area contributed by atoms with Crippen molar-refractivity contribution in [3.8, 4) is 5.75 Å². The molecule has 1 aromatic heterocycles. The van der Waals surface area contributed by atoms with Gasteiger partial charge in [-0.25, -0.2) is 0 Å². The Morgan fingerprint density at radius 3 is 2.60 bits per heavy atom. The summed E-state index contributed by atoms with van der Waals surface area (Å²) in [5, 5.41) is 43.3. The van der Waals surface area contributed by atoms with Crippen LogP contribution < -0.4 is 0 Å². The van der Waals surface area contributed by atoms with Crippen molar-refractivity contribution in [3.63, 3.8) is 0 Å². The van der Waals surface area contributed by atoms with E-state index in [4.69, 9.17) is 9.84 Å². The van der Waals surface area contributed by atoms with Crippen LogP contribution in [0.25, 0.3) is 0 Å². The van der Waals surface area contributed by atoms with Gasteiger partial charge in [0.25, 0.3) is 0 Å². The standard InChI is InChI=1S/C8H12N2O5/c11-2-4-6(13)7(14)8(15-4)5-3(12)1-9-10-5/h1,4,6-8,11-14H,2H2,(H,9,10)/t4-,6-,7-,8+/m1/s1. The normalized spacial score (nSPS) is 35.9. The van der Waals surface area contributed by atoms with Crippen LogP contribution in [0.4, 0.5) is 0 Å². The van der Waals surface area contributed by atoms with Crippen molar-refractivity contribution in [2.24, 2.45) is 0 Å². The van der Waals surface area contributed by atoms with E-state index in [1.165, 1.54) is 6.20 Å². The molecule has 2 heterocycles. The predicted molar refractivity (Wildman–Crippen MR) is 47.0 cm³/mol. The first-order valence-electron chi connectivity index (χ1n) is 4.50. The SMILES string of the molecule is OC[C@H]1O[C@@H](c2[nH]ncc2O)[C@H](O)[C@@H]1O.